The Kier molecular flexibility index (Phi) is 5.38. The molecule has 0 saturated heterocycles. The first-order valence-electron chi connectivity index (χ1n) is 7.94. The maximum atomic E-state index is 13.0. The summed E-state index contributed by atoms with van der Waals surface area (Å²) in [6.07, 6.45) is -4.59. The van der Waals surface area contributed by atoms with Gasteiger partial charge < -0.3 is 5.11 Å². The van der Waals surface area contributed by atoms with Crippen LogP contribution >= 0.6 is 11.8 Å². The van der Waals surface area contributed by atoms with Crippen molar-refractivity contribution in [2.24, 2.45) is 0 Å². The molecule has 0 aromatic heterocycles. The van der Waals surface area contributed by atoms with Crippen molar-refractivity contribution in [2.45, 2.75) is 6.18 Å². The normalized spacial score (nSPS) is 15.0. The van der Waals surface area contributed by atoms with Gasteiger partial charge >= 0.3 is 6.18 Å². The molecule has 0 fully saturated rings. The number of rotatable bonds is 5. The highest BCUT2D eigenvalue weighted by molar-refractivity contribution is 8.04. The standard InChI is InChI=1S/C19H14F3NO3S/c20-19(21,22)13-7-4-8-14(11-13)23-17(25)15(12-5-2-1-3-6-12)16(18(23)26)27-10-9-24/h1-8,11,24H,9-10H2. The highest BCUT2D eigenvalue weighted by atomic mass is 32.2. The Morgan fingerprint density at radius 2 is 1.67 bits per heavy atom. The Labute approximate surface area is 157 Å². The maximum absolute atomic E-state index is 13.0. The van der Waals surface area contributed by atoms with E-state index in [4.69, 9.17) is 5.11 Å². The molecule has 2 aromatic rings. The van der Waals surface area contributed by atoms with Gasteiger partial charge in [-0.1, -0.05) is 36.4 Å². The minimum absolute atomic E-state index is 0.109. The molecule has 4 nitrogen and oxygen atoms in total. The van der Waals surface area contributed by atoms with Gasteiger partial charge in [0, 0.05) is 5.75 Å². The molecule has 0 unspecified atom stereocenters. The summed E-state index contributed by atoms with van der Waals surface area (Å²) in [6.45, 7) is -0.207. The third kappa shape index (κ3) is 3.77. The largest absolute Gasteiger partial charge is 0.416 e. The molecule has 8 heteroatoms. The van der Waals surface area contributed by atoms with Gasteiger partial charge in [0.1, 0.15) is 0 Å². The molecule has 1 aliphatic rings. The van der Waals surface area contributed by atoms with Crippen molar-refractivity contribution in [3.05, 3.63) is 70.6 Å². The van der Waals surface area contributed by atoms with Gasteiger partial charge in [0.15, 0.2) is 0 Å². The third-order valence-corrected chi connectivity index (χ3v) is 4.93. The lowest BCUT2D eigenvalue weighted by Crippen LogP contribution is -2.31. The van der Waals surface area contributed by atoms with Gasteiger partial charge in [-0.25, -0.2) is 4.90 Å². The number of imide groups is 1. The Hall–Kier alpha value is -2.58. The number of benzene rings is 2. The topological polar surface area (TPSA) is 57.6 Å². The summed E-state index contributed by atoms with van der Waals surface area (Å²) in [5, 5.41) is 9.07. The predicted octanol–water partition coefficient (Wildman–Crippen LogP) is 3.72. The molecule has 1 N–H and O–H groups in total. The van der Waals surface area contributed by atoms with Crippen molar-refractivity contribution in [3.63, 3.8) is 0 Å². The SMILES string of the molecule is O=C1C(SCCO)=C(c2ccccc2)C(=O)N1c1cccc(C(F)(F)F)c1. The number of alkyl halides is 3. The zero-order chi connectivity index (χ0) is 19.6. The van der Waals surface area contributed by atoms with E-state index in [1.807, 2.05) is 0 Å². The van der Waals surface area contributed by atoms with Crippen LogP contribution in [0.1, 0.15) is 11.1 Å². The van der Waals surface area contributed by atoms with Crippen molar-refractivity contribution in [3.8, 4) is 0 Å². The van der Waals surface area contributed by atoms with Crippen molar-refractivity contribution >= 4 is 34.8 Å². The number of thioether (sulfide) groups is 1. The number of hydrogen-bond acceptors (Lipinski definition) is 4. The minimum Gasteiger partial charge on any atom is -0.396 e. The summed E-state index contributed by atoms with van der Waals surface area (Å²) in [6, 6.07) is 12.5. The number of carbonyl (C=O) groups excluding carboxylic acids is 2. The van der Waals surface area contributed by atoms with Crippen LogP contribution in [0.15, 0.2) is 59.5 Å². The highest BCUT2D eigenvalue weighted by Crippen LogP contribution is 2.39. The van der Waals surface area contributed by atoms with E-state index >= 15 is 0 Å². The van der Waals surface area contributed by atoms with E-state index in [-0.39, 0.29) is 28.5 Å². The molecule has 2 amide bonds. The van der Waals surface area contributed by atoms with Crippen LogP contribution in [0, 0.1) is 0 Å². The van der Waals surface area contributed by atoms with Gasteiger partial charge in [-0.15, -0.1) is 11.8 Å². The first kappa shape index (κ1) is 19.2. The van der Waals surface area contributed by atoms with Crippen LogP contribution in [-0.2, 0) is 15.8 Å². The van der Waals surface area contributed by atoms with Crippen LogP contribution in [0.25, 0.3) is 5.57 Å². The smallest absolute Gasteiger partial charge is 0.396 e. The molecule has 3 rings (SSSR count). The van der Waals surface area contributed by atoms with Gasteiger partial charge in [0.05, 0.1) is 28.3 Å². The summed E-state index contributed by atoms with van der Waals surface area (Å²) >= 11 is 1.00. The number of nitrogens with zero attached hydrogens (tertiary/aromatic N) is 1. The molecule has 1 heterocycles. The number of aliphatic hydroxyl groups excluding tert-OH is 1. The van der Waals surface area contributed by atoms with Crippen LogP contribution in [0.4, 0.5) is 18.9 Å². The summed E-state index contributed by atoms with van der Waals surface area (Å²) in [5.41, 5.74) is -0.478. The van der Waals surface area contributed by atoms with Crippen molar-refractivity contribution in [1.82, 2.24) is 0 Å². The maximum Gasteiger partial charge on any atom is 0.416 e. The second kappa shape index (κ2) is 7.58. The summed E-state index contributed by atoms with van der Waals surface area (Å²) < 4.78 is 39.0. The van der Waals surface area contributed by atoms with Gasteiger partial charge in [-0.05, 0) is 23.8 Å². The number of carbonyl (C=O) groups is 2. The van der Waals surface area contributed by atoms with Gasteiger partial charge in [-0.3, -0.25) is 9.59 Å². The molecular formula is C19H14F3NO3S. The van der Waals surface area contributed by atoms with Crippen LogP contribution in [0.3, 0.4) is 0 Å². The van der Waals surface area contributed by atoms with Crippen LogP contribution in [0.2, 0.25) is 0 Å². The Morgan fingerprint density at radius 1 is 0.963 bits per heavy atom. The lowest BCUT2D eigenvalue weighted by molar-refractivity contribution is -0.137. The lowest BCUT2D eigenvalue weighted by atomic mass is 10.1. The first-order chi connectivity index (χ1) is 12.8. The van der Waals surface area contributed by atoms with Crippen LogP contribution < -0.4 is 4.90 Å². The Morgan fingerprint density at radius 3 is 2.30 bits per heavy atom. The van der Waals surface area contributed by atoms with E-state index in [2.05, 4.69) is 0 Å². The molecule has 0 spiro atoms. The van der Waals surface area contributed by atoms with Gasteiger partial charge in [-0.2, -0.15) is 13.2 Å². The summed E-state index contributed by atoms with van der Waals surface area (Å²) in [5.74, 6) is -1.20. The third-order valence-electron chi connectivity index (χ3n) is 3.87. The number of anilines is 1. The molecule has 0 radical (unpaired) electrons. The zero-order valence-electron chi connectivity index (χ0n) is 13.9. The molecule has 27 heavy (non-hydrogen) atoms. The van der Waals surface area contributed by atoms with Gasteiger partial charge in [0.25, 0.3) is 11.8 Å². The molecule has 1 aliphatic heterocycles. The number of amides is 2. The van der Waals surface area contributed by atoms with E-state index in [0.717, 1.165) is 34.9 Å². The quantitative estimate of drug-likeness (QED) is 0.787. The Bertz CT molecular complexity index is 910. The number of aliphatic hydroxyl groups is 1. The monoisotopic (exact) mass is 393 g/mol. The molecular weight excluding hydrogens is 379 g/mol. The predicted molar refractivity (Wildman–Crippen MR) is 96.8 cm³/mol. The summed E-state index contributed by atoms with van der Waals surface area (Å²) in [7, 11) is 0. The molecule has 0 bridgehead atoms. The second-order valence-electron chi connectivity index (χ2n) is 5.64. The minimum atomic E-state index is -4.59. The lowest BCUT2D eigenvalue weighted by Gasteiger charge is -2.17. The fourth-order valence-corrected chi connectivity index (χ4v) is 3.57. The second-order valence-corrected chi connectivity index (χ2v) is 6.74. The number of hydrogen-bond donors (Lipinski definition) is 1. The van der Waals surface area contributed by atoms with Crippen molar-refractivity contribution < 1.29 is 27.9 Å². The van der Waals surface area contributed by atoms with Crippen LogP contribution in [-0.4, -0.2) is 29.3 Å². The van der Waals surface area contributed by atoms with Crippen LogP contribution in [0.5, 0.6) is 0 Å². The van der Waals surface area contributed by atoms with E-state index in [9.17, 15) is 22.8 Å². The molecule has 140 valence electrons. The molecule has 0 saturated carbocycles. The fourth-order valence-electron chi connectivity index (χ4n) is 2.71. The van der Waals surface area contributed by atoms with Crippen molar-refractivity contribution in [1.29, 1.82) is 0 Å². The first-order valence-corrected chi connectivity index (χ1v) is 8.92. The van der Waals surface area contributed by atoms with E-state index in [1.165, 1.54) is 6.07 Å². The average molecular weight is 393 g/mol. The molecule has 0 aliphatic carbocycles. The van der Waals surface area contributed by atoms with Gasteiger partial charge in [0.2, 0.25) is 0 Å². The average Bonchev–Trinajstić information content (AvgIpc) is 2.90. The Balaban J connectivity index is 2.06. The summed E-state index contributed by atoms with van der Waals surface area (Å²) in [4.78, 5) is 26.6. The zero-order valence-corrected chi connectivity index (χ0v) is 14.7. The van der Waals surface area contributed by atoms with E-state index in [0.29, 0.717) is 5.56 Å². The van der Waals surface area contributed by atoms with E-state index < -0.39 is 23.6 Å². The number of halogens is 3. The van der Waals surface area contributed by atoms with Crippen molar-refractivity contribution in [2.75, 3.05) is 17.3 Å². The highest BCUT2D eigenvalue weighted by Gasteiger charge is 2.41. The van der Waals surface area contributed by atoms with E-state index in [1.54, 1.807) is 30.3 Å². The molecule has 2 aromatic carbocycles. The fraction of sp³-hybridized carbons (Fsp3) is 0.158. The molecule has 0 atom stereocenters.